The molecule has 0 aliphatic rings. The fourth-order valence-corrected chi connectivity index (χ4v) is 2.44. The standard InChI is InChI=1S/C21H16F2O2/c22-19-8-4-7-17(21(19)23)13-20(24)16-9-11-18(12-10-16)25-14-15-5-2-1-3-6-15/h1-12H,13-14H2. The van der Waals surface area contributed by atoms with Gasteiger partial charge in [0.05, 0.1) is 0 Å². The van der Waals surface area contributed by atoms with E-state index in [2.05, 4.69) is 0 Å². The van der Waals surface area contributed by atoms with Crippen LogP contribution in [0.1, 0.15) is 21.5 Å². The van der Waals surface area contributed by atoms with Gasteiger partial charge in [-0.05, 0) is 41.5 Å². The molecule has 0 unspecified atom stereocenters. The zero-order valence-corrected chi connectivity index (χ0v) is 13.4. The number of rotatable bonds is 6. The molecule has 0 heterocycles. The van der Waals surface area contributed by atoms with Gasteiger partial charge in [-0.3, -0.25) is 4.79 Å². The highest BCUT2D eigenvalue weighted by Gasteiger charge is 2.13. The molecular weight excluding hydrogens is 322 g/mol. The minimum Gasteiger partial charge on any atom is -0.489 e. The number of carbonyl (C=O) groups excluding carboxylic acids is 1. The predicted molar refractivity (Wildman–Crippen MR) is 91.6 cm³/mol. The smallest absolute Gasteiger partial charge is 0.167 e. The van der Waals surface area contributed by atoms with Crippen LogP contribution in [0.3, 0.4) is 0 Å². The van der Waals surface area contributed by atoms with E-state index in [9.17, 15) is 13.6 Å². The number of halogens is 2. The molecule has 0 spiro atoms. The summed E-state index contributed by atoms with van der Waals surface area (Å²) >= 11 is 0. The summed E-state index contributed by atoms with van der Waals surface area (Å²) in [5.41, 5.74) is 1.52. The molecule has 0 atom stereocenters. The van der Waals surface area contributed by atoms with E-state index in [1.165, 1.54) is 12.1 Å². The van der Waals surface area contributed by atoms with Gasteiger partial charge < -0.3 is 4.74 Å². The van der Waals surface area contributed by atoms with Crippen LogP contribution in [-0.2, 0) is 13.0 Å². The Hall–Kier alpha value is -3.01. The summed E-state index contributed by atoms with van der Waals surface area (Å²) in [6.07, 6.45) is -0.187. The molecule has 0 aromatic heterocycles. The van der Waals surface area contributed by atoms with Crippen LogP contribution in [0.25, 0.3) is 0 Å². The second kappa shape index (κ2) is 7.71. The highest BCUT2D eigenvalue weighted by atomic mass is 19.2. The number of Topliss-reactive ketones (excluding diaryl/α,β-unsaturated/α-hetero) is 1. The van der Waals surface area contributed by atoms with Gasteiger partial charge in [-0.15, -0.1) is 0 Å². The first-order chi connectivity index (χ1) is 12.1. The van der Waals surface area contributed by atoms with Crippen molar-refractivity contribution in [3.05, 3.63) is 101 Å². The van der Waals surface area contributed by atoms with Crippen LogP contribution >= 0.6 is 0 Å². The van der Waals surface area contributed by atoms with E-state index in [0.717, 1.165) is 11.6 Å². The summed E-state index contributed by atoms with van der Waals surface area (Å²) in [6, 6.07) is 20.2. The van der Waals surface area contributed by atoms with Crippen molar-refractivity contribution in [3.8, 4) is 5.75 Å². The first kappa shape index (κ1) is 16.8. The molecule has 3 rings (SSSR count). The van der Waals surface area contributed by atoms with Gasteiger partial charge in [0.15, 0.2) is 17.4 Å². The predicted octanol–water partition coefficient (Wildman–Crippen LogP) is 4.97. The zero-order valence-electron chi connectivity index (χ0n) is 13.4. The van der Waals surface area contributed by atoms with Crippen molar-refractivity contribution in [2.24, 2.45) is 0 Å². The molecule has 126 valence electrons. The molecule has 3 aromatic rings. The van der Waals surface area contributed by atoms with Crippen LogP contribution in [0.5, 0.6) is 5.75 Å². The first-order valence-corrected chi connectivity index (χ1v) is 7.86. The largest absolute Gasteiger partial charge is 0.489 e. The van der Waals surface area contributed by atoms with Crippen LogP contribution in [0.15, 0.2) is 72.8 Å². The van der Waals surface area contributed by atoms with Crippen molar-refractivity contribution in [1.29, 1.82) is 0 Å². The Labute approximate surface area is 144 Å². The fourth-order valence-electron chi connectivity index (χ4n) is 2.44. The normalized spacial score (nSPS) is 10.5. The van der Waals surface area contributed by atoms with E-state index in [1.54, 1.807) is 24.3 Å². The van der Waals surface area contributed by atoms with Crippen molar-refractivity contribution in [3.63, 3.8) is 0 Å². The van der Waals surface area contributed by atoms with Crippen molar-refractivity contribution < 1.29 is 18.3 Å². The highest BCUT2D eigenvalue weighted by Crippen LogP contribution is 2.18. The lowest BCUT2D eigenvalue weighted by atomic mass is 10.0. The number of hydrogen-bond donors (Lipinski definition) is 0. The Balaban J connectivity index is 1.63. The second-order valence-electron chi connectivity index (χ2n) is 5.61. The average Bonchev–Trinajstić information content (AvgIpc) is 2.65. The molecule has 0 aliphatic carbocycles. The van der Waals surface area contributed by atoms with Gasteiger partial charge in [-0.25, -0.2) is 8.78 Å². The van der Waals surface area contributed by atoms with Gasteiger partial charge in [0.1, 0.15) is 12.4 Å². The van der Waals surface area contributed by atoms with Crippen LogP contribution in [-0.4, -0.2) is 5.78 Å². The molecular formula is C21H16F2O2. The number of hydrogen-bond acceptors (Lipinski definition) is 2. The van der Waals surface area contributed by atoms with Crippen molar-refractivity contribution in [2.45, 2.75) is 13.0 Å². The minimum absolute atomic E-state index is 0.0504. The lowest BCUT2D eigenvalue weighted by Gasteiger charge is -2.08. The second-order valence-corrected chi connectivity index (χ2v) is 5.61. The summed E-state index contributed by atoms with van der Waals surface area (Å²) in [4.78, 5) is 12.2. The Bertz CT molecular complexity index is 859. The number of benzene rings is 3. The van der Waals surface area contributed by atoms with E-state index in [1.807, 2.05) is 30.3 Å². The van der Waals surface area contributed by atoms with E-state index in [4.69, 9.17) is 4.74 Å². The molecule has 0 fully saturated rings. The lowest BCUT2D eigenvalue weighted by molar-refractivity contribution is 0.0991. The fraction of sp³-hybridized carbons (Fsp3) is 0.0952. The number of carbonyl (C=O) groups is 1. The van der Waals surface area contributed by atoms with Crippen LogP contribution in [0.4, 0.5) is 8.78 Å². The molecule has 4 heteroatoms. The zero-order chi connectivity index (χ0) is 17.6. The maximum Gasteiger partial charge on any atom is 0.167 e. The molecule has 2 nitrogen and oxygen atoms in total. The minimum atomic E-state index is -0.973. The van der Waals surface area contributed by atoms with Crippen LogP contribution in [0, 0.1) is 11.6 Å². The lowest BCUT2D eigenvalue weighted by Crippen LogP contribution is -2.06. The maximum absolute atomic E-state index is 13.7. The Morgan fingerprint density at radius 3 is 2.28 bits per heavy atom. The third kappa shape index (κ3) is 4.29. The van der Waals surface area contributed by atoms with Gasteiger partial charge in [0.2, 0.25) is 0 Å². The summed E-state index contributed by atoms with van der Waals surface area (Å²) < 4.78 is 32.5. The number of ketones is 1. The summed E-state index contributed by atoms with van der Waals surface area (Å²) in [5, 5.41) is 0. The van der Waals surface area contributed by atoms with E-state index in [0.29, 0.717) is 17.9 Å². The highest BCUT2D eigenvalue weighted by molar-refractivity contribution is 5.97. The van der Waals surface area contributed by atoms with E-state index < -0.39 is 11.6 Å². The van der Waals surface area contributed by atoms with Gasteiger partial charge in [0.25, 0.3) is 0 Å². The van der Waals surface area contributed by atoms with Crippen LogP contribution in [0.2, 0.25) is 0 Å². The van der Waals surface area contributed by atoms with E-state index >= 15 is 0 Å². The maximum atomic E-state index is 13.7. The molecule has 0 N–H and O–H groups in total. The molecule has 3 aromatic carbocycles. The molecule has 25 heavy (non-hydrogen) atoms. The van der Waals surface area contributed by atoms with Gasteiger partial charge in [-0.1, -0.05) is 42.5 Å². The van der Waals surface area contributed by atoms with Crippen LogP contribution < -0.4 is 4.74 Å². The summed E-state index contributed by atoms with van der Waals surface area (Å²) in [6.45, 7) is 0.433. The topological polar surface area (TPSA) is 26.3 Å². The third-order valence-corrected chi connectivity index (χ3v) is 3.81. The SMILES string of the molecule is O=C(Cc1cccc(F)c1F)c1ccc(OCc2ccccc2)cc1. The van der Waals surface area contributed by atoms with Crippen molar-refractivity contribution >= 4 is 5.78 Å². The Morgan fingerprint density at radius 1 is 0.840 bits per heavy atom. The first-order valence-electron chi connectivity index (χ1n) is 7.86. The number of ether oxygens (including phenoxy) is 1. The van der Waals surface area contributed by atoms with Gasteiger partial charge in [-0.2, -0.15) is 0 Å². The Kier molecular flexibility index (Phi) is 5.19. The molecule has 0 amide bonds. The summed E-state index contributed by atoms with van der Waals surface area (Å²) in [5.74, 6) is -1.56. The van der Waals surface area contributed by atoms with Gasteiger partial charge in [0, 0.05) is 12.0 Å². The Morgan fingerprint density at radius 2 is 1.56 bits per heavy atom. The molecule has 0 radical (unpaired) electrons. The quantitative estimate of drug-likeness (QED) is 0.593. The monoisotopic (exact) mass is 338 g/mol. The molecule has 0 aliphatic heterocycles. The van der Waals surface area contributed by atoms with Gasteiger partial charge >= 0.3 is 0 Å². The van der Waals surface area contributed by atoms with Crippen molar-refractivity contribution in [1.82, 2.24) is 0 Å². The molecule has 0 saturated carbocycles. The van der Waals surface area contributed by atoms with E-state index in [-0.39, 0.29) is 17.8 Å². The summed E-state index contributed by atoms with van der Waals surface area (Å²) in [7, 11) is 0. The molecule has 0 bridgehead atoms. The molecule has 0 saturated heterocycles. The third-order valence-electron chi connectivity index (χ3n) is 3.81. The van der Waals surface area contributed by atoms with Crippen molar-refractivity contribution in [2.75, 3.05) is 0 Å². The average molecular weight is 338 g/mol.